The Labute approximate surface area is 117 Å². The molecule has 0 radical (unpaired) electrons. The summed E-state index contributed by atoms with van der Waals surface area (Å²) in [6.45, 7) is 4.15. The molecule has 2 atom stereocenters. The van der Waals surface area contributed by atoms with Gasteiger partial charge in [-0.25, -0.2) is 0 Å². The highest BCUT2D eigenvalue weighted by atomic mass is 35.5. The normalized spacial score (nSPS) is 14.4. The summed E-state index contributed by atoms with van der Waals surface area (Å²) in [6, 6.07) is 5.98. The molecule has 0 spiro atoms. The van der Waals surface area contributed by atoms with Crippen molar-refractivity contribution < 1.29 is 0 Å². The molecule has 2 N–H and O–H groups in total. The van der Waals surface area contributed by atoms with Crippen LogP contribution in [-0.2, 0) is 0 Å². The fraction of sp³-hybridized carbons (Fsp3) is 0.308. The third-order valence-corrected chi connectivity index (χ3v) is 3.80. The monoisotopic (exact) mass is 283 g/mol. The Kier molecular flexibility index (Phi) is 4.27. The lowest BCUT2D eigenvalue weighted by Crippen LogP contribution is -2.22. The van der Waals surface area contributed by atoms with Crippen molar-refractivity contribution in [2.24, 2.45) is 0 Å². The molecule has 1 aromatic carbocycles. The molecule has 0 amide bonds. The fourth-order valence-electron chi connectivity index (χ4n) is 1.91. The number of benzene rings is 1. The van der Waals surface area contributed by atoms with Gasteiger partial charge in [0.15, 0.2) is 0 Å². The van der Waals surface area contributed by atoms with Crippen LogP contribution in [0.25, 0.3) is 0 Å². The molecule has 0 saturated heterocycles. The second-order valence-corrected chi connectivity index (χ2v) is 5.07. The zero-order chi connectivity index (χ0) is 13.1. The first-order chi connectivity index (χ1) is 8.59. The molecule has 2 aromatic rings. The van der Waals surface area contributed by atoms with Gasteiger partial charge in [-0.3, -0.25) is 5.10 Å². The molecule has 2 unspecified atom stereocenters. The second kappa shape index (κ2) is 5.74. The van der Waals surface area contributed by atoms with Gasteiger partial charge < -0.3 is 5.32 Å². The molecule has 0 aliphatic heterocycles. The van der Waals surface area contributed by atoms with Crippen LogP contribution in [0.5, 0.6) is 0 Å². The molecule has 1 heterocycles. The predicted molar refractivity (Wildman–Crippen MR) is 75.0 cm³/mol. The highest BCUT2D eigenvalue weighted by Crippen LogP contribution is 2.30. The summed E-state index contributed by atoms with van der Waals surface area (Å²) in [5.74, 6) is 0. The number of aromatic nitrogens is 2. The topological polar surface area (TPSA) is 40.7 Å². The molecule has 2 rings (SSSR count). The Bertz CT molecular complexity index is 511. The third kappa shape index (κ3) is 2.86. The minimum absolute atomic E-state index is 0.112. The molecular weight excluding hydrogens is 269 g/mol. The van der Waals surface area contributed by atoms with E-state index in [1.54, 1.807) is 6.07 Å². The van der Waals surface area contributed by atoms with Gasteiger partial charge in [0.1, 0.15) is 0 Å². The first kappa shape index (κ1) is 13.4. The van der Waals surface area contributed by atoms with Gasteiger partial charge in [0.2, 0.25) is 0 Å². The number of rotatable bonds is 4. The average molecular weight is 284 g/mol. The Balaban J connectivity index is 2.12. The fourth-order valence-corrected chi connectivity index (χ4v) is 2.39. The Morgan fingerprint density at radius 2 is 2.00 bits per heavy atom. The van der Waals surface area contributed by atoms with E-state index in [1.807, 2.05) is 24.5 Å². The summed E-state index contributed by atoms with van der Waals surface area (Å²) >= 11 is 12.2. The Hall–Kier alpha value is -1.03. The molecule has 1 aromatic heterocycles. The van der Waals surface area contributed by atoms with Gasteiger partial charge in [-0.2, -0.15) is 5.10 Å². The van der Waals surface area contributed by atoms with Gasteiger partial charge in [0, 0.05) is 23.8 Å². The zero-order valence-corrected chi connectivity index (χ0v) is 11.8. The molecule has 5 heteroatoms. The zero-order valence-electron chi connectivity index (χ0n) is 10.2. The number of hydrogen-bond acceptors (Lipinski definition) is 2. The van der Waals surface area contributed by atoms with E-state index in [0.29, 0.717) is 10.0 Å². The third-order valence-electron chi connectivity index (χ3n) is 2.97. The van der Waals surface area contributed by atoms with E-state index in [4.69, 9.17) is 23.2 Å². The number of H-pyrrole nitrogens is 1. The lowest BCUT2D eigenvalue weighted by Gasteiger charge is -2.20. The molecular formula is C13H15Cl2N3. The minimum Gasteiger partial charge on any atom is -0.303 e. The first-order valence-corrected chi connectivity index (χ1v) is 6.54. The van der Waals surface area contributed by atoms with Crippen molar-refractivity contribution in [3.8, 4) is 0 Å². The van der Waals surface area contributed by atoms with E-state index in [9.17, 15) is 0 Å². The van der Waals surface area contributed by atoms with Crippen molar-refractivity contribution in [3.05, 3.63) is 51.8 Å². The van der Waals surface area contributed by atoms with Crippen LogP contribution in [-0.4, -0.2) is 10.2 Å². The van der Waals surface area contributed by atoms with E-state index in [1.165, 1.54) is 0 Å². The molecule has 0 bridgehead atoms. The van der Waals surface area contributed by atoms with E-state index < -0.39 is 0 Å². The quantitative estimate of drug-likeness (QED) is 0.886. The van der Waals surface area contributed by atoms with E-state index in [0.717, 1.165) is 11.1 Å². The van der Waals surface area contributed by atoms with Crippen molar-refractivity contribution in [2.75, 3.05) is 0 Å². The average Bonchev–Trinajstić information content (AvgIpc) is 2.86. The maximum absolute atomic E-state index is 6.21. The number of halogens is 2. The number of aromatic amines is 1. The minimum atomic E-state index is 0.112. The molecule has 0 aliphatic rings. The van der Waals surface area contributed by atoms with Crippen LogP contribution in [0.15, 0.2) is 30.6 Å². The molecule has 0 aliphatic carbocycles. The first-order valence-electron chi connectivity index (χ1n) is 5.78. The summed E-state index contributed by atoms with van der Waals surface area (Å²) in [7, 11) is 0. The van der Waals surface area contributed by atoms with Crippen LogP contribution in [0.3, 0.4) is 0 Å². The van der Waals surface area contributed by atoms with Gasteiger partial charge in [-0.15, -0.1) is 0 Å². The van der Waals surface area contributed by atoms with Gasteiger partial charge in [-0.05, 0) is 25.5 Å². The van der Waals surface area contributed by atoms with Crippen molar-refractivity contribution in [2.45, 2.75) is 25.9 Å². The highest BCUT2D eigenvalue weighted by Gasteiger charge is 2.15. The maximum atomic E-state index is 6.21. The smallest absolute Gasteiger partial charge is 0.0639 e. The maximum Gasteiger partial charge on any atom is 0.0639 e. The van der Waals surface area contributed by atoms with E-state index >= 15 is 0 Å². The van der Waals surface area contributed by atoms with Gasteiger partial charge >= 0.3 is 0 Å². The van der Waals surface area contributed by atoms with Crippen LogP contribution in [0, 0.1) is 0 Å². The summed E-state index contributed by atoms with van der Waals surface area (Å²) in [4.78, 5) is 0. The molecule has 96 valence electrons. The number of nitrogens with zero attached hydrogens (tertiary/aromatic N) is 1. The number of hydrogen-bond donors (Lipinski definition) is 2. The molecule has 0 saturated carbocycles. The summed E-state index contributed by atoms with van der Waals surface area (Å²) in [5, 5.41) is 11.4. The lowest BCUT2D eigenvalue weighted by molar-refractivity contribution is 0.495. The largest absolute Gasteiger partial charge is 0.303 e. The second-order valence-electron chi connectivity index (χ2n) is 4.28. The predicted octanol–water partition coefficient (Wildman–Crippen LogP) is 4.13. The molecule has 18 heavy (non-hydrogen) atoms. The van der Waals surface area contributed by atoms with E-state index in [2.05, 4.69) is 29.4 Å². The van der Waals surface area contributed by atoms with Crippen LogP contribution < -0.4 is 5.32 Å². The van der Waals surface area contributed by atoms with Gasteiger partial charge in [0.25, 0.3) is 0 Å². The Morgan fingerprint density at radius 1 is 1.22 bits per heavy atom. The van der Waals surface area contributed by atoms with E-state index in [-0.39, 0.29) is 12.1 Å². The van der Waals surface area contributed by atoms with Crippen molar-refractivity contribution in [3.63, 3.8) is 0 Å². The van der Waals surface area contributed by atoms with Crippen molar-refractivity contribution in [1.82, 2.24) is 15.5 Å². The van der Waals surface area contributed by atoms with Crippen LogP contribution in [0.1, 0.15) is 37.1 Å². The number of nitrogens with one attached hydrogen (secondary N) is 2. The molecule has 0 fully saturated rings. The summed E-state index contributed by atoms with van der Waals surface area (Å²) in [5.41, 5.74) is 2.11. The highest BCUT2D eigenvalue weighted by molar-refractivity contribution is 6.42. The lowest BCUT2D eigenvalue weighted by atomic mass is 10.1. The SMILES string of the molecule is CC(NC(C)c1cccc(Cl)c1Cl)c1cn[nH]c1. The van der Waals surface area contributed by atoms with Crippen molar-refractivity contribution >= 4 is 23.2 Å². The van der Waals surface area contributed by atoms with Gasteiger partial charge in [0.05, 0.1) is 16.2 Å². The standard InChI is InChI=1S/C13H15Cl2N3/c1-8(10-6-16-17-7-10)18-9(2)11-4-3-5-12(14)13(11)15/h3-9,18H,1-2H3,(H,16,17). The Morgan fingerprint density at radius 3 is 2.67 bits per heavy atom. The summed E-state index contributed by atoms with van der Waals surface area (Å²) < 4.78 is 0. The van der Waals surface area contributed by atoms with Crippen LogP contribution >= 0.6 is 23.2 Å². The molecule has 3 nitrogen and oxygen atoms in total. The van der Waals surface area contributed by atoms with Crippen molar-refractivity contribution in [1.29, 1.82) is 0 Å². The van der Waals surface area contributed by atoms with Crippen LogP contribution in [0.4, 0.5) is 0 Å². The summed E-state index contributed by atoms with van der Waals surface area (Å²) in [6.07, 6.45) is 3.69. The van der Waals surface area contributed by atoms with Crippen LogP contribution in [0.2, 0.25) is 10.0 Å². The van der Waals surface area contributed by atoms with Gasteiger partial charge in [-0.1, -0.05) is 35.3 Å².